The number of nitrogens with zero attached hydrogens (tertiary/aromatic N) is 1. The van der Waals surface area contributed by atoms with E-state index in [1.807, 2.05) is 24.3 Å². The lowest BCUT2D eigenvalue weighted by Crippen LogP contribution is -2.43. The van der Waals surface area contributed by atoms with Gasteiger partial charge in [0.2, 0.25) is 5.91 Å². The fourth-order valence-corrected chi connectivity index (χ4v) is 2.31. The Kier molecular flexibility index (Phi) is 3.12. The molecule has 2 aliphatic rings. The van der Waals surface area contributed by atoms with E-state index in [1.54, 1.807) is 4.90 Å². The molecule has 2 fully saturated rings. The van der Waals surface area contributed by atoms with Gasteiger partial charge in [-0.3, -0.25) is 9.59 Å². The molecule has 1 saturated carbocycles. The topological polar surface area (TPSA) is 55.8 Å². The van der Waals surface area contributed by atoms with Gasteiger partial charge in [-0.05, 0) is 37.1 Å². The summed E-state index contributed by atoms with van der Waals surface area (Å²) in [7, 11) is 1.40. The molecule has 5 nitrogen and oxygen atoms in total. The maximum Gasteiger partial charge on any atom is 0.315 e. The summed E-state index contributed by atoms with van der Waals surface area (Å²) in [5.74, 6) is 0.665. The molecule has 1 heterocycles. The quantitative estimate of drug-likeness (QED) is 0.607. The summed E-state index contributed by atoms with van der Waals surface area (Å²) >= 11 is 0. The van der Waals surface area contributed by atoms with Crippen LogP contribution in [-0.4, -0.2) is 32.1 Å². The number of methoxy groups -OCH3 is 1. The highest BCUT2D eigenvalue weighted by atomic mass is 16.5. The minimum atomic E-state index is -0.444. The third-order valence-electron chi connectivity index (χ3n) is 3.99. The Morgan fingerprint density at radius 3 is 2.45 bits per heavy atom. The second-order valence-corrected chi connectivity index (χ2v) is 5.35. The highest BCUT2D eigenvalue weighted by molar-refractivity contribution is 5.99. The fraction of sp³-hybridized carbons (Fsp3) is 0.467. The van der Waals surface area contributed by atoms with E-state index in [4.69, 9.17) is 9.47 Å². The zero-order valence-corrected chi connectivity index (χ0v) is 11.4. The van der Waals surface area contributed by atoms with Crippen LogP contribution in [0.3, 0.4) is 0 Å². The molecule has 3 rings (SSSR count). The number of esters is 1. The number of anilines is 1. The zero-order chi connectivity index (χ0) is 14.2. The number of benzene rings is 1. The van der Waals surface area contributed by atoms with Gasteiger partial charge in [-0.25, -0.2) is 0 Å². The molecule has 1 aliphatic carbocycles. The van der Waals surface area contributed by atoms with Crippen LogP contribution in [0, 0.1) is 5.41 Å². The van der Waals surface area contributed by atoms with Crippen molar-refractivity contribution in [2.45, 2.75) is 19.3 Å². The highest BCUT2D eigenvalue weighted by Gasteiger charge is 2.52. The van der Waals surface area contributed by atoms with Crippen molar-refractivity contribution < 1.29 is 19.1 Å². The maximum absolute atomic E-state index is 11.6. The molecule has 0 bridgehead atoms. The molecule has 0 N–H and O–H groups in total. The molecule has 0 atom stereocenters. The summed E-state index contributed by atoms with van der Waals surface area (Å²) in [6.07, 6.45) is 2.26. The van der Waals surface area contributed by atoms with Crippen LogP contribution in [0.5, 0.6) is 5.75 Å². The van der Waals surface area contributed by atoms with Crippen molar-refractivity contribution in [3.63, 3.8) is 0 Å². The molecule has 1 amide bonds. The molecule has 0 radical (unpaired) electrons. The molecule has 1 saturated heterocycles. The van der Waals surface area contributed by atoms with Gasteiger partial charge in [0.1, 0.15) is 17.8 Å². The molecule has 1 aromatic rings. The summed E-state index contributed by atoms with van der Waals surface area (Å²) < 4.78 is 10.5. The van der Waals surface area contributed by atoms with Gasteiger partial charge in [0.15, 0.2) is 0 Å². The molecule has 20 heavy (non-hydrogen) atoms. The van der Waals surface area contributed by atoms with Gasteiger partial charge in [0, 0.05) is 18.7 Å². The van der Waals surface area contributed by atoms with Crippen LogP contribution in [0.4, 0.5) is 5.69 Å². The van der Waals surface area contributed by atoms with Gasteiger partial charge >= 0.3 is 5.97 Å². The lowest BCUT2D eigenvalue weighted by Gasteiger charge is -2.30. The smallest absolute Gasteiger partial charge is 0.315 e. The second kappa shape index (κ2) is 4.81. The Balaban J connectivity index is 1.59. The lowest BCUT2D eigenvalue weighted by molar-refractivity contribution is -0.148. The largest absolute Gasteiger partial charge is 0.492 e. The van der Waals surface area contributed by atoms with Crippen molar-refractivity contribution in [2.24, 2.45) is 5.41 Å². The van der Waals surface area contributed by atoms with Gasteiger partial charge in [-0.1, -0.05) is 0 Å². The first-order chi connectivity index (χ1) is 9.64. The van der Waals surface area contributed by atoms with Crippen molar-refractivity contribution in [3.8, 4) is 5.75 Å². The first-order valence-corrected chi connectivity index (χ1v) is 6.76. The van der Waals surface area contributed by atoms with E-state index in [-0.39, 0.29) is 11.9 Å². The molecule has 5 heteroatoms. The summed E-state index contributed by atoms with van der Waals surface area (Å²) in [5, 5.41) is 0. The zero-order valence-electron chi connectivity index (χ0n) is 11.4. The van der Waals surface area contributed by atoms with E-state index >= 15 is 0 Å². The van der Waals surface area contributed by atoms with Gasteiger partial charge in [0.25, 0.3) is 0 Å². The number of amides is 1. The van der Waals surface area contributed by atoms with Crippen molar-refractivity contribution in [3.05, 3.63) is 24.3 Å². The lowest BCUT2D eigenvalue weighted by atomic mass is 10.1. The van der Waals surface area contributed by atoms with Crippen LogP contribution in [0.15, 0.2) is 24.3 Å². The van der Waals surface area contributed by atoms with Crippen molar-refractivity contribution >= 4 is 17.6 Å². The Morgan fingerprint density at radius 2 is 2.00 bits per heavy atom. The first kappa shape index (κ1) is 13.0. The standard InChI is InChI=1S/C15H17NO4/c1-19-14(18)15(7-8-15)10-20-12-4-2-11(3-5-12)16-9-6-13(16)17/h2-5H,6-10H2,1H3. The Morgan fingerprint density at radius 1 is 1.30 bits per heavy atom. The SMILES string of the molecule is COC(=O)C1(COc2ccc(N3CCC3=O)cc2)CC1. The minimum absolute atomic E-state index is 0.154. The number of β-lactam (4-membered cyclic amide) rings is 1. The molecule has 0 unspecified atom stereocenters. The average Bonchev–Trinajstić information content (AvgIpc) is 3.25. The molecule has 0 spiro atoms. The van der Waals surface area contributed by atoms with E-state index in [1.165, 1.54) is 7.11 Å². The third kappa shape index (κ3) is 2.24. The van der Waals surface area contributed by atoms with E-state index in [2.05, 4.69) is 0 Å². The van der Waals surface area contributed by atoms with Gasteiger partial charge in [-0.15, -0.1) is 0 Å². The average molecular weight is 275 g/mol. The monoisotopic (exact) mass is 275 g/mol. The van der Waals surface area contributed by atoms with Crippen molar-refractivity contribution in [2.75, 3.05) is 25.2 Å². The van der Waals surface area contributed by atoms with Gasteiger partial charge in [-0.2, -0.15) is 0 Å². The van der Waals surface area contributed by atoms with Crippen LogP contribution in [0.25, 0.3) is 0 Å². The van der Waals surface area contributed by atoms with Crippen LogP contribution >= 0.6 is 0 Å². The number of rotatable bonds is 5. The maximum atomic E-state index is 11.6. The summed E-state index contributed by atoms with van der Waals surface area (Å²) in [6.45, 7) is 1.13. The van der Waals surface area contributed by atoms with Crippen LogP contribution in [0.2, 0.25) is 0 Å². The molecule has 1 aliphatic heterocycles. The van der Waals surface area contributed by atoms with Crippen molar-refractivity contribution in [1.82, 2.24) is 0 Å². The van der Waals surface area contributed by atoms with E-state index < -0.39 is 5.41 Å². The van der Waals surface area contributed by atoms with Gasteiger partial charge < -0.3 is 14.4 Å². The fourth-order valence-electron chi connectivity index (χ4n) is 2.31. The number of ether oxygens (including phenoxy) is 2. The number of carbonyl (C=O) groups excluding carboxylic acids is 2. The summed E-state index contributed by atoms with van der Waals surface area (Å²) in [6, 6.07) is 7.39. The summed E-state index contributed by atoms with van der Waals surface area (Å²) in [5.41, 5.74) is 0.448. The predicted molar refractivity (Wildman–Crippen MR) is 72.6 cm³/mol. The number of hydrogen-bond acceptors (Lipinski definition) is 4. The van der Waals surface area contributed by atoms with E-state index in [0.29, 0.717) is 18.8 Å². The Bertz CT molecular complexity index is 533. The van der Waals surface area contributed by atoms with Crippen LogP contribution in [0.1, 0.15) is 19.3 Å². The van der Waals surface area contributed by atoms with Crippen LogP contribution < -0.4 is 9.64 Å². The summed E-state index contributed by atoms with van der Waals surface area (Å²) in [4.78, 5) is 24.7. The molecular weight excluding hydrogens is 258 g/mol. The predicted octanol–water partition coefficient (Wildman–Crippen LogP) is 1.76. The van der Waals surface area contributed by atoms with Gasteiger partial charge in [0.05, 0.1) is 7.11 Å². The molecular formula is C15H17NO4. The van der Waals surface area contributed by atoms with Crippen molar-refractivity contribution in [1.29, 1.82) is 0 Å². The third-order valence-corrected chi connectivity index (χ3v) is 3.99. The van der Waals surface area contributed by atoms with E-state index in [9.17, 15) is 9.59 Å². The molecule has 0 aromatic heterocycles. The highest BCUT2D eigenvalue weighted by Crippen LogP contribution is 2.47. The number of carbonyl (C=O) groups is 2. The molecule has 106 valence electrons. The second-order valence-electron chi connectivity index (χ2n) is 5.35. The first-order valence-electron chi connectivity index (χ1n) is 6.76. The Labute approximate surface area is 117 Å². The molecule has 1 aromatic carbocycles. The minimum Gasteiger partial charge on any atom is -0.492 e. The number of hydrogen-bond donors (Lipinski definition) is 0. The van der Waals surface area contributed by atoms with E-state index in [0.717, 1.165) is 25.1 Å². The van der Waals surface area contributed by atoms with Crippen LogP contribution in [-0.2, 0) is 14.3 Å². The Hall–Kier alpha value is -2.04. The normalized spacial score (nSPS) is 19.2.